The van der Waals surface area contributed by atoms with E-state index in [0.717, 1.165) is 22.3 Å². The third kappa shape index (κ3) is 5.17. The van der Waals surface area contributed by atoms with Gasteiger partial charge in [0.15, 0.2) is 0 Å². The van der Waals surface area contributed by atoms with E-state index in [2.05, 4.69) is 19.1 Å². The van der Waals surface area contributed by atoms with Crippen molar-refractivity contribution in [2.24, 2.45) is 0 Å². The van der Waals surface area contributed by atoms with Crippen LogP contribution in [-0.2, 0) is 29.1 Å². The van der Waals surface area contributed by atoms with Crippen molar-refractivity contribution < 1.29 is 14.3 Å². The van der Waals surface area contributed by atoms with Gasteiger partial charge in [-0.3, -0.25) is 4.79 Å². The van der Waals surface area contributed by atoms with Gasteiger partial charge in [-0.25, -0.2) is 4.79 Å². The normalized spacial score (nSPS) is 14.5. The predicted octanol–water partition coefficient (Wildman–Crippen LogP) is 4.97. The fraction of sp³-hybridized carbons (Fsp3) is 0.259. The maximum atomic E-state index is 13.1. The van der Waals surface area contributed by atoms with Crippen LogP contribution in [-0.4, -0.2) is 34.9 Å². The molecule has 5 heteroatoms. The summed E-state index contributed by atoms with van der Waals surface area (Å²) in [6.45, 7) is 4.17. The Bertz CT molecular complexity index is 1050. The molecule has 1 heterocycles. The second kappa shape index (κ2) is 10.1. The Morgan fingerprint density at radius 3 is 2.22 bits per heavy atom. The summed E-state index contributed by atoms with van der Waals surface area (Å²) in [7, 11) is 0. The molecular weight excluding hydrogens is 400 g/mol. The van der Waals surface area contributed by atoms with Crippen LogP contribution in [0.3, 0.4) is 0 Å². The monoisotopic (exact) mass is 428 g/mol. The highest BCUT2D eigenvalue weighted by Crippen LogP contribution is 2.26. The van der Waals surface area contributed by atoms with E-state index in [-0.39, 0.29) is 31.1 Å². The summed E-state index contributed by atoms with van der Waals surface area (Å²) >= 11 is 0. The third-order valence-electron chi connectivity index (χ3n) is 5.93. The number of amides is 2. The quantitative estimate of drug-likeness (QED) is 0.476. The van der Waals surface area contributed by atoms with Crippen LogP contribution in [0, 0.1) is 0 Å². The van der Waals surface area contributed by atoms with E-state index >= 15 is 0 Å². The Morgan fingerprint density at radius 1 is 0.875 bits per heavy atom. The van der Waals surface area contributed by atoms with Gasteiger partial charge in [0.25, 0.3) is 0 Å². The molecule has 164 valence electrons. The molecule has 0 unspecified atom stereocenters. The molecule has 1 atom stereocenters. The second-order valence-corrected chi connectivity index (χ2v) is 8.08. The summed E-state index contributed by atoms with van der Waals surface area (Å²) in [4.78, 5) is 29.3. The summed E-state index contributed by atoms with van der Waals surface area (Å²) in [5.41, 5.74) is 3.97. The van der Waals surface area contributed by atoms with E-state index in [1.807, 2.05) is 82.6 Å². The maximum Gasteiger partial charge on any atom is 0.320 e. The number of esters is 1. The Morgan fingerprint density at radius 2 is 1.50 bits per heavy atom. The number of carbonyl (C=O) groups excluding carboxylic acids is 2. The van der Waals surface area contributed by atoms with Crippen molar-refractivity contribution >= 4 is 12.0 Å². The zero-order valence-corrected chi connectivity index (χ0v) is 18.3. The number of hydrogen-bond acceptors (Lipinski definition) is 3. The van der Waals surface area contributed by atoms with E-state index in [4.69, 9.17) is 4.74 Å². The largest absolute Gasteiger partial charge is 0.461 e. The number of urea groups is 1. The molecule has 0 saturated carbocycles. The number of benzene rings is 3. The van der Waals surface area contributed by atoms with Crippen molar-refractivity contribution in [2.75, 3.05) is 13.1 Å². The molecule has 1 saturated heterocycles. The SMILES string of the molecule is C[C@@H](c1ccccc1)N1CCN(Cc2ccccc2CC(=O)OCc2ccccc2)C1=O. The van der Waals surface area contributed by atoms with Crippen LogP contribution in [0.5, 0.6) is 0 Å². The second-order valence-electron chi connectivity index (χ2n) is 8.08. The van der Waals surface area contributed by atoms with Crippen molar-refractivity contribution in [1.82, 2.24) is 9.80 Å². The Hall–Kier alpha value is -3.60. The lowest BCUT2D eigenvalue weighted by Gasteiger charge is -2.25. The zero-order valence-electron chi connectivity index (χ0n) is 18.3. The van der Waals surface area contributed by atoms with Crippen molar-refractivity contribution in [2.45, 2.75) is 32.5 Å². The highest BCUT2D eigenvalue weighted by Gasteiger charge is 2.32. The fourth-order valence-corrected chi connectivity index (χ4v) is 4.05. The summed E-state index contributed by atoms with van der Waals surface area (Å²) in [6, 6.07) is 27.6. The molecule has 4 rings (SSSR count). The van der Waals surface area contributed by atoms with Crippen LogP contribution in [0.2, 0.25) is 0 Å². The highest BCUT2D eigenvalue weighted by atomic mass is 16.5. The van der Waals surface area contributed by atoms with E-state index in [1.54, 1.807) is 0 Å². The van der Waals surface area contributed by atoms with Crippen LogP contribution in [0.4, 0.5) is 4.79 Å². The van der Waals surface area contributed by atoms with Crippen LogP contribution >= 0.6 is 0 Å². The highest BCUT2D eigenvalue weighted by molar-refractivity contribution is 5.77. The number of ether oxygens (including phenoxy) is 1. The Balaban J connectivity index is 1.38. The smallest absolute Gasteiger partial charge is 0.320 e. The molecule has 2 amide bonds. The lowest BCUT2D eigenvalue weighted by Crippen LogP contribution is -2.33. The molecule has 1 aliphatic rings. The lowest BCUT2D eigenvalue weighted by atomic mass is 10.0. The minimum Gasteiger partial charge on any atom is -0.461 e. The number of nitrogens with zero attached hydrogens (tertiary/aromatic N) is 2. The van der Waals surface area contributed by atoms with E-state index in [0.29, 0.717) is 19.6 Å². The molecule has 0 spiro atoms. The van der Waals surface area contributed by atoms with Gasteiger partial charge in [0.1, 0.15) is 6.61 Å². The molecule has 5 nitrogen and oxygen atoms in total. The average molecular weight is 429 g/mol. The van der Waals surface area contributed by atoms with E-state index < -0.39 is 0 Å². The number of carbonyl (C=O) groups is 2. The van der Waals surface area contributed by atoms with Crippen LogP contribution < -0.4 is 0 Å². The van der Waals surface area contributed by atoms with Crippen molar-refractivity contribution in [3.8, 4) is 0 Å². The van der Waals surface area contributed by atoms with Crippen LogP contribution in [0.25, 0.3) is 0 Å². The van der Waals surface area contributed by atoms with Crippen molar-refractivity contribution in [3.63, 3.8) is 0 Å². The predicted molar refractivity (Wildman–Crippen MR) is 124 cm³/mol. The summed E-state index contributed by atoms with van der Waals surface area (Å²) in [6.07, 6.45) is 0.190. The first-order valence-corrected chi connectivity index (χ1v) is 11.0. The van der Waals surface area contributed by atoms with Crippen LogP contribution in [0.15, 0.2) is 84.9 Å². The topological polar surface area (TPSA) is 49.9 Å². The number of hydrogen-bond donors (Lipinski definition) is 0. The first-order valence-electron chi connectivity index (χ1n) is 11.0. The van der Waals surface area contributed by atoms with Crippen molar-refractivity contribution in [1.29, 1.82) is 0 Å². The molecule has 0 radical (unpaired) electrons. The van der Waals surface area contributed by atoms with Gasteiger partial charge in [-0.2, -0.15) is 0 Å². The molecular formula is C27H28N2O3. The van der Waals surface area contributed by atoms with Crippen LogP contribution in [0.1, 0.15) is 35.2 Å². The van der Waals surface area contributed by atoms with E-state index in [9.17, 15) is 9.59 Å². The van der Waals surface area contributed by atoms with Gasteiger partial charge in [-0.1, -0.05) is 84.9 Å². The molecule has 3 aromatic carbocycles. The summed E-state index contributed by atoms with van der Waals surface area (Å²) in [5, 5.41) is 0. The summed E-state index contributed by atoms with van der Waals surface area (Å²) in [5.74, 6) is -0.270. The molecule has 0 N–H and O–H groups in total. The van der Waals surface area contributed by atoms with Crippen molar-refractivity contribution in [3.05, 3.63) is 107 Å². The molecule has 0 aliphatic carbocycles. The minimum atomic E-state index is -0.270. The molecule has 0 bridgehead atoms. The lowest BCUT2D eigenvalue weighted by molar-refractivity contribution is -0.144. The standard InChI is InChI=1S/C27H28N2O3/c1-21(23-12-6-3-7-13-23)29-17-16-28(27(29)31)19-25-15-9-8-14-24(25)18-26(30)32-20-22-10-4-2-5-11-22/h2-15,21H,16-20H2,1H3/t21-/m0/s1. The number of rotatable bonds is 8. The molecule has 32 heavy (non-hydrogen) atoms. The maximum absolute atomic E-state index is 13.1. The zero-order chi connectivity index (χ0) is 22.3. The first kappa shape index (κ1) is 21.6. The van der Waals surface area contributed by atoms with E-state index in [1.165, 1.54) is 0 Å². The molecule has 1 fully saturated rings. The first-order chi connectivity index (χ1) is 15.6. The molecule has 3 aromatic rings. The fourth-order valence-electron chi connectivity index (χ4n) is 4.05. The minimum absolute atomic E-state index is 0.0249. The Labute approximate surface area is 189 Å². The summed E-state index contributed by atoms with van der Waals surface area (Å²) < 4.78 is 5.45. The molecule has 0 aromatic heterocycles. The van der Waals surface area contributed by atoms with Gasteiger partial charge in [-0.15, -0.1) is 0 Å². The molecule has 1 aliphatic heterocycles. The van der Waals surface area contributed by atoms with Gasteiger partial charge < -0.3 is 14.5 Å². The van der Waals surface area contributed by atoms with Gasteiger partial charge in [-0.05, 0) is 29.2 Å². The third-order valence-corrected chi connectivity index (χ3v) is 5.93. The van der Waals surface area contributed by atoms with Gasteiger partial charge in [0.05, 0.1) is 12.5 Å². The van der Waals surface area contributed by atoms with Gasteiger partial charge >= 0.3 is 12.0 Å². The van der Waals surface area contributed by atoms with Gasteiger partial charge in [0, 0.05) is 19.6 Å². The van der Waals surface area contributed by atoms with Gasteiger partial charge in [0.2, 0.25) is 0 Å². The Kier molecular flexibility index (Phi) is 6.85. The average Bonchev–Trinajstić information content (AvgIpc) is 3.19.